The highest BCUT2D eigenvalue weighted by Gasteiger charge is 2.39. The molecular weight excluding hydrogens is 396 g/mol. The largest absolute Gasteiger partial charge is 0.483 e. The number of fused-ring (bicyclic) bond motifs is 1. The van der Waals surface area contributed by atoms with Crippen molar-refractivity contribution >= 4 is 34.8 Å². The number of amides is 2. The van der Waals surface area contributed by atoms with Crippen molar-refractivity contribution in [1.29, 1.82) is 0 Å². The summed E-state index contributed by atoms with van der Waals surface area (Å²) in [6.45, 7) is 5.35. The number of aryl methyl sites for hydroxylation is 2. The summed E-state index contributed by atoms with van der Waals surface area (Å²) in [6, 6.07) is 0. The molecule has 11 heteroatoms. The molecule has 2 aromatic rings. The number of carbonyl (C=O) groups is 3. The van der Waals surface area contributed by atoms with Gasteiger partial charge in [-0.3, -0.25) is 19.3 Å². The third-order valence-electron chi connectivity index (χ3n) is 4.89. The Morgan fingerprint density at radius 2 is 2.17 bits per heavy atom. The number of carboxylic acid groups (broad SMARTS) is 1. The van der Waals surface area contributed by atoms with E-state index in [4.69, 9.17) is 9.90 Å². The number of aromatic nitrogens is 4. The first-order valence-electron chi connectivity index (χ1n) is 9.50. The number of hydrogen-bond donors (Lipinski definition) is 2. The fraction of sp³-hybridized carbons (Fsp3) is 0.556. The zero-order chi connectivity index (χ0) is 21.0. The van der Waals surface area contributed by atoms with Gasteiger partial charge in [0.15, 0.2) is 0 Å². The lowest BCUT2D eigenvalue weighted by atomic mass is 10.0. The predicted molar refractivity (Wildman–Crippen MR) is 106 cm³/mol. The molecule has 0 spiro atoms. The van der Waals surface area contributed by atoms with E-state index in [0.29, 0.717) is 24.8 Å². The number of rotatable bonds is 4. The lowest BCUT2D eigenvalue weighted by Crippen LogP contribution is -2.40. The Labute approximate surface area is 172 Å². The standard InChI is InChI=1S/C17H22N6O2S.CH2O2/c1-3-4-14-20-21-17(26-14)23-8-11(7-15(23)24)16(25)22-6-5-12-13(9-22)19-10(2)18-12;2-1-3/h11H,3-9H2,1-2H3,(H,18,19);1H,(H,2,3). The first-order valence-corrected chi connectivity index (χ1v) is 10.3. The Bertz CT molecular complexity index is 895. The van der Waals surface area contributed by atoms with Gasteiger partial charge in [0, 0.05) is 32.4 Å². The zero-order valence-electron chi connectivity index (χ0n) is 16.4. The number of imidazole rings is 1. The highest BCUT2D eigenvalue weighted by molar-refractivity contribution is 7.15. The van der Waals surface area contributed by atoms with Gasteiger partial charge in [-0.15, -0.1) is 10.2 Å². The van der Waals surface area contributed by atoms with Crippen molar-refractivity contribution in [1.82, 2.24) is 25.1 Å². The monoisotopic (exact) mass is 420 g/mol. The van der Waals surface area contributed by atoms with Crippen LogP contribution in [0, 0.1) is 12.8 Å². The molecule has 1 fully saturated rings. The number of nitrogens with one attached hydrogen (secondary N) is 1. The molecule has 2 N–H and O–H groups in total. The van der Waals surface area contributed by atoms with Gasteiger partial charge in [0.05, 0.1) is 23.9 Å². The van der Waals surface area contributed by atoms with E-state index in [2.05, 4.69) is 27.1 Å². The van der Waals surface area contributed by atoms with Crippen LogP contribution in [-0.2, 0) is 33.8 Å². The molecule has 156 valence electrons. The van der Waals surface area contributed by atoms with Crippen molar-refractivity contribution in [2.75, 3.05) is 18.0 Å². The third kappa shape index (κ3) is 4.61. The molecule has 2 aliphatic heterocycles. The molecule has 0 aromatic carbocycles. The quantitative estimate of drug-likeness (QED) is 0.709. The van der Waals surface area contributed by atoms with E-state index in [-0.39, 0.29) is 30.6 Å². The SMILES string of the molecule is CCCc1nnc(N2CC(C(=O)N3CCc4nc(C)[nH]c4C3)CC2=O)s1.O=CO. The van der Waals surface area contributed by atoms with Crippen molar-refractivity contribution in [3.8, 4) is 0 Å². The molecule has 1 unspecified atom stereocenters. The summed E-state index contributed by atoms with van der Waals surface area (Å²) in [5.41, 5.74) is 2.06. The van der Waals surface area contributed by atoms with E-state index in [1.807, 2.05) is 11.8 Å². The minimum Gasteiger partial charge on any atom is -0.483 e. The van der Waals surface area contributed by atoms with E-state index >= 15 is 0 Å². The van der Waals surface area contributed by atoms with Crippen LogP contribution in [0.2, 0.25) is 0 Å². The smallest absolute Gasteiger partial charge is 0.290 e. The number of aromatic amines is 1. The number of hydrogen-bond acceptors (Lipinski definition) is 7. The fourth-order valence-electron chi connectivity index (χ4n) is 3.61. The highest BCUT2D eigenvalue weighted by Crippen LogP contribution is 2.30. The maximum atomic E-state index is 12.9. The summed E-state index contributed by atoms with van der Waals surface area (Å²) in [5, 5.41) is 16.7. The van der Waals surface area contributed by atoms with Gasteiger partial charge in [-0.1, -0.05) is 18.3 Å². The van der Waals surface area contributed by atoms with Crippen LogP contribution in [0.25, 0.3) is 0 Å². The predicted octanol–water partition coefficient (Wildman–Crippen LogP) is 1.16. The summed E-state index contributed by atoms with van der Waals surface area (Å²) in [5.74, 6) is 0.562. The minimum atomic E-state index is -0.313. The molecule has 0 bridgehead atoms. The average molecular weight is 420 g/mol. The Morgan fingerprint density at radius 3 is 2.90 bits per heavy atom. The Hall–Kier alpha value is -2.82. The first kappa shape index (κ1) is 20.9. The molecule has 1 saturated heterocycles. The topological polar surface area (TPSA) is 132 Å². The normalized spacial score (nSPS) is 18.3. The van der Waals surface area contributed by atoms with E-state index in [9.17, 15) is 9.59 Å². The third-order valence-corrected chi connectivity index (χ3v) is 5.89. The number of carbonyl (C=O) groups excluding carboxylic acids is 2. The van der Waals surface area contributed by atoms with Gasteiger partial charge < -0.3 is 15.0 Å². The summed E-state index contributed by atoms with van der Waals surface area (Å²) >= 11 is 1.45. The number of anilines is 1. The summed E-state index contributed by atoms with van der Waals surface area (Å²) in [7, 11) is 0. The molecule has 2 aromatic heterocycles. The van der Waals surface area contributed by atoms with E-state index in [1.165, 1.54) is 11.3 Å². The van der Waals surface area contributed by atoms with E-state index < -0.39 is 0 Å². The second-order valence-electron chi connectivity index (χ2n) is 7.00. The van der Waals surface area contributed by atoms with Crippen LogP contribution < -0.4 is 4.90 Å². The second kappa shape index (κ2) is 9.12. The Kier molecular flexibility index (Phi) is 6.57. The first-order chi connectivity index (χ1) is 14.0. The molecule has 2 amide bonds. The molecule has 0 aliphatic carbocycles. The van der Waals surface area contributed by atoms with Gasteiger partial charge in [-0.25, -0.2) is 4.98 Å². The van der Waals surface area contributed by atoms with Gasteiger partial charge >= 0.3 is 0 Å². The lowest BCUT2D eigenvalue weighted by molar-refractivity contribution is -0.136. The van der Waals surface area contributed by atoms with Crippen LogP contribution in [0.1, 0.15) is 42.0 Å². The molecule has 0 radical (unpaired) electrons. The Balaban J connectivity index is 0.000000755. The van der Waals surface area contributed by atoms with Crippen LogP contribution in [0.3, 0.4) is 0 Å². The summed E-state index contributed by atoms with van der Waals surface area (Å²) in [6.07, 6.45) is 2.86. The van der Waals surface area contributed by atoms with Crippen molar-refractivity contribution in [3.05, 3.63) is 22.2 Å². The minimum absolute atomic E-state index is 0.0389. The van der Waals surface area contributed by atoms with Crippen LogP contribution in [0.5, 0.6) is 0 Å². The molecule has 4 rings (SSSR count). The highest BCUT2D eigenvalue weighted by atomic mass is 32.1. The van der Waals surface area contributed by atoms with Crippen molar-refractivity contribution < 1.29 is 19.5 Å². The Morgan fingerprint density at radius 1 is 1.41 bits per heavy atom. The zero-order valence-corrected chi connectivity index (χ0v) is 17.2. The molecule has 4 heterocycles. The number of H-pyrrole nitrogens is 1. The van der Waals surface area contributed by atoms with Crippen LogP contribution in [-0.4, -0.2) is 61.5 Å². The van der Waals surface area contributed by atoms with E-state index in [1.54, 1.807) is 4.90 Å². The van der Waals surface area contributed by atoms with Crippen LogP contribution in [0.4, 0.5) is 5.13 Å². The molecule has 29 heavy (non-hydrogen) atoms. The van der Waals surface area contributed by atoms with Gasteiger partial charge in [-0.05, 0) is 13.3 Å². The lowest BCUT2D eigenvalue weighted by Gasteiger charge is -2.28. The molecular formula is C18H24N6O4S. The number of nitrogens with zero attached hydrogens (tertiary/aromatic N) is 5. The van der Waals surface area contributed by atoms with E-state index in [0.717, 1.165) is 41.5 Å². The summed E-state index contributed by atoms with van der Waals surface area (Å²) in [4.78, 5) is 44.8. The molecule has 0 saturated carbocycles. The fourth-order valence-corrected chi connectivity index (χ4v) is 4.58. The van der Waals surface area contributed by atoms with Gasteiger partial charge in [-0.2, -0.15) is 0 Å². The molecule has 1 atom stereocenters. The second-order valence-corrected chi connectivity index (χ2v) is 8.04. The van der Waals surface area contributed by atoms with Crippen molar-refractivity contribution in [3.63, 3.8) is 0 Å². The van der Waals surface area contributed by atoms with Crippen molar-refractivity contribution in [2.45, 2.75) is 46.1 Å². The van der Waals surface area contributed by atoms with Gasteiger partial charge in [0.2, 0.25) is 16.9 Å². The average Bonchev–Trinajstić information content (AvgIpc) is 3.39. The van der Waals surface area contributed by atoms with Gasteiger partial charge in [0.1, 0.15) is 10.8 Å². The van der Waals surface area contributed by atoms with Crippen LogP contribution >= 0.6 is 11.3 Å². The van der Waals surface area contributed by atoms with Crippen molar-refractivity contribution in [2.24, 2.45) is 5.92 Å². The van der Waals surface area contributed by atoms with Gasteiger partial charge in [0.25, 0.3) is 6.47 Å². The maximum absolute atomic E-state index is 12.9. The summed E-state index contributed by atoms with van der Waals surface area (Å²) < 4.78 is 0. The maximum Gasteiger partial charge on any atom is 0.290 e. The molecule has 10 nitrogen and oxygen atoms in total. The van der Waals surface area contributed by atoms with Crippen LogP contribution in [0.15, 0.2) is 0 Å². The molecule has 2 aliphatic rings.